The maximum Gasteiger partial charge on any atom is 0.416 e. The number of rotatable bonds is 7. The number of likely N-dealkylation sites (N-methyl/N-ethyl adjacent to an activating group) is 1. The first-order valence-electron chi connectivity index (χ1n) is 9.04. The first-order valence-corrected chi connectivity index (χ1v) is 10.3. The van der Waals surface area contributed by atoms with Crippen molar-refractivity contribution in [1.29, 1.82) is 0 Å². The number of carbonyl (C=O) groups is 1. The molecule has 1 aromatic carbocycles. The zero-order valence-corrected chi connectivity index (χ0v) is 17.9. The number of imidazole rings is 1. The topological polar surface area (TPSA) is 40.8 Å². The third-order valence-corrected chi connectivity index (χ3v) is 5.43. The van der Waals surface area contributed by atoms with Crippen molar-refractivity contribution in [3.63, 3.8) is 0 Å². The summed E-state index contributed by atoms with van der Waals surface area (Å²) in [4.78, 5) is 21.2. The molecule has 0 aliphatic carbocycles. The van der Waals surface area contributed by atoms with Gasteiger partial charge in [0, 0.05) is 37.3 Å². The van der Waals surface area contributed by atoms with Crippen LogP contribution in [0.1, 0.15) is 16.8 Å². The number of nitrogens with zero attached hydrogens (tertiary/aromatic N) is 4. The van der Waals surface area contributed by atoms with Crippen LogP contribution in [0, 0.1) is 0 Å². The van der Waals surface area contributed by atoms with Gasteiger partial charge in [-0.25, -0.2) is 4.98 Å². The quantitative estimate of drug-likeness (QED) is 0.485. The van der Waals surface area contributed by atoms with Crippen molar-refractivity contribution in [2.24, 2.45) is 0 Å². The van der Waals surface area contributed by atoms with E-state index >= 15 is 0 Å². The Hall–Kier alpha value is -2.36. The lowest BCUT2D eigenvalue weighted by Gasteiger charge is -2.23. The van der Waals surface area contributed by atoms with Gasteiger partial charge in [-0.3, -0.25) is 9.20 Å². The first kappa shape index (κ1) is 22.3. The highest BCUT2D eigenvalue weighted by Gasteiger charge is 2.30. The summed E-state index contributed by atoms with van der Waals surface area (Å²) in [5, 5.41) is 2.14. The van der Waals surface area contributed by atoms with Gasteiger partial charge in [0.25, 0.3) is 0 Å². The molecule has 2 aromatic heterocycles. The van der Waals surface area contributed by atoms with Gasteiger partial charge in [-0.05, 0) is 37.9 Å². The van der Waals surface area contributed by atoms with Gasteiger partial charge in [-0.15, -0.1) is 11.3 Å². The van der Waals surface area contributed by atoms with Gasteiger partial charge >= 0.3 is 6.18 Å². The summed E-state index contributed by atoms with van der Waals surface area (Å²) >= 11 is 7.57. The number of aromatic nitrogens is 2. The summed E-state index contributed by atoms with van der Waals surface area (Å²) in [6, 6.07) is 5.02. The lowest BCUT2D eigenvalue weighted by molar-refractivity contribution is -0.137. The van der Waals surface area contributed by atoms with Crippen LogP contribution in [0.4, 0.5) is 13.2 Å². The molecule has 0 N–H and O–H groups in total. The van der Waals surface area contributed by atoms with Crippen molar-refractivity contribution in [2.75, 3.05) is 27.2 Å². The maximum atomic E-state index is 13.0. The summed E-state index contributed by atoms with van der Waals surface area (Å²) in [6.45, 7) is 0.996. The van der Waals surface area contributed by atoms with Crippen molar-refractivity contribution < 1.29 is 18.0 Å². The van der Waals surface area contributed by atoms with E-state index in [-0.39, 0.29) is 17.6 Å². The molecule has 2 heterocycles. The van der Waals surface area contributed by atoms with E-state index in [9.17, 15) is 18.0 Å². The number of thiazole rings is 1. The van der Waals surface area contributed by atoms with E-state index in [4.69, 9.17) is 11.6 Å². The minimum atomic E-state index is -4.43. The molecule has 0 fully saturated rings. The van der Waals surface area contributed by atoms with Crippen molar-refractivity contribution in [1.82, 2.24) is 19.2 Å². The lowest BCUT2D eigenvalue weighted by Crippen LogP contribution is -2.35. The fraction of sp³-hybridized carbons (Fsp3) is 0.300. The molecule has 1 amide bonds. The molecule has 0 aliphatic heterocycles. The van der Waals surface area contributed by atoms with E-state index in [0.29, 0.717) is 29.3 Å². The van der Waals surface area contributed by atoms with Crippen LogP contribution < -0.4 is 0 Å². The molecule has 0 radical (unpaired) electrons. The molecular weight excluding hydrogens is 437 g/mol. The Morgan fingerprint density at radius 2 is 2.07 bits per heavy atom. The standard InChI is InChI=1S/C20H20ClF3N4OS/c1-26(2)8-9-27(13-14-4-3-5-15(12-14)20(22,23)24)17(29)7-6-16-18(21)25-19-28(16)10-11-30-19/h3-7,10-12H,8-9,13H2,1-2H3/b7-6+. The minimum absolute atomic E-state index is 0.0644. The van der Waals surface area contributed by atoms with Gasteiger partial charge in [0.05, 0.1) is 11.3 Å². The van der Waals surface area contributed by atoms with Gasteiger partial charge in [0.15, 0.2) is 10.1 Å². The van der Waals surface area contributed by atoms with E-state index in [1.807, 2.05) is 24.4 Å². The van der Waals surface area contributed by atoms with Crippen LogP contribution >= 0.6 is 22.9 Å². The van der Waals surface area contributed by atoms with Gasteiger partial charge in [0.2, 0.25) is 5.91 Å². The van der Waals surface area contributed by atoms with Gasteiger partial charge in [0.1, 0.15) is 0 Å². The predicted molar refractivity (Wildman–Crippen MR) is 113 cm³/mol. The second-order valence-corrected chi connectivity index (χ2v) is 8.17. The van der Waals surface area contributed by atoms with Crippen LogP contribution in [0.3, 0.4) is 0 Å². The van der Waals surface area contributed by atoms with Gasteiger partial charge in [-0.2, -0.15) is 13.2 Å². The van der Waals surface area contributed by atoms with Crippen LogP contribution in [0.15, 0.2) is 41.9 Å². The molecule has 0 atom stereocenters. The number of benzene rings is 1. The number of hydrogen-bond donors (Lipinski definition) is 0. The van der Waals surface area contributed by atoms with Gasteiger partial charge < -0.3 is 9.80 Å². The molecule has 10 heteroatoms. The molecule has 160 valence electrons. The van der Waals surface area contributed by atoms with Crippen molar-refractivity contribution in [3.8, 4) is 0 Å². The zero-order valence-electron chi connectivity index (χ0n) is 16.4. The molecule has 0 aliphatic rings. The number of amides is 1. The van der Waals surface area contributed by atoms with Crippen LogP contribution in [-0.4, -0.2) is 52.3 Å². The monoisotopic (exact) mass is 456 g/mol. The summed E-state index contributed by atoms with van der Waals surface area (Å²) < 4.78 is 40.8. The predicted octanol–water partition coefficient (Wildman–Crippen LogP) is 4.67. The maximum absolute atomic E-state index is 13.0. The Morgan fingerprint density at radius 3 is 2.77 bits per heavy atom. The average Bonchev–Trinajstić information content (AvgIpc) is 3.23. The number of hydrogen-bond acceptors (Lipinski definition) is 4. The first-order chi connectivity index (χ1) is 14.1. The average molecular weight is 457 g/mol. The minimum Gasteiger partial charge on any atom is -0.334 e. The number of fused-ring (bicyclic) bond motifs is 1. The molecule has 0 spiro atoms. The number of alkyl halides is 3. The summed E-state index contributed by atoms with van der Waals surface area (Å²) in [6.07, 6.45) is 0.316. The number of halogens is 4. The number of carbonyl (C=O) groups excluding carboxylic acids is 1. The second-order valence-electron chi connectivity index (χ2n) is 6.94. The molecule has 5 nitrogen and oxygen atoms in total. The van der Waals surface area contributed by atoms with Crippen LogP contribution in [0.2, 0.25) is 5.15 Å². The highest BCUT2D eigenvalue weighted by molar-refractivity contribution is 7.15. The van der Waals surface area contributed by atoms with E-state index in [2.05, 4.69) is 4.98 Å². The van der Waals surface area contributed by atoms with Gasteiger partial charge in [-0.1, -0.05) is 23.7 Å². The van der Waals surface area contributed by atoms with Crippen LogP contribution in [0.25, 0.3) is 11.0 Å². The van der Waals surface area contributed by atoms with Crippen LogP contribution in [0.5, 0.6) is 0 Å². The molecule has 0 saturated carbocycles. The molecule has 0 saturated heterocycles. The molecule has 30 heavy (non-hydrogen) atoms. The summed E-state index contributed by atoms with van der Waals surface area (Å²) in [5.41, 5.74) is 0.252. The lowest BCUT2D eigenvalue weighted by atomic mass is 10.1. The normalized spacial score (nSPS) is 12.4. The van der Waals surface area contributed by atoms with E-state index < -0.39 is 11.7 Å². The SMILES string of the molecule is CN(C)CCN(Cc1cccc(C(F)(F)F)c1)C(=O)/C=C/c1c(Cl)nc2sccn12. The smallest absolute Gasteiger partial charge is 0.334 e. The van der Waals surface area contributed by atoms with E-state index in [1.165, 1.54) is 28.4 Å². The molecule has 3 aromatic rings. The Bertz CT molecular complexity index is 1060. The Balaban J connectivity index is 1.81. The Kier molecular flexibility index (Phi) is 6.84. The molecular formula is C20H20ClF3N4OS. The summed E-state index contributed by atoms with van der Waals surface area (Å²) in [7, 11) is 3.73. The van der Waals surface area contributed by atoms with E-state index in [1.54, 1.807) is 22.7 Å². The highest BCUT2D eigenvalue weighted by atomic mass is 35.5. The van der Waals surface area contributed by atoms with Crippen molar-refractivity contribution >= 4 is 39.9 Å². The van der Waals surface area contributed by atoms with Crippen molar-refractivity contribution in [3.05, 3.63) is 63.9 Å². The third kappa shape index (κ3) is 5.41. The second kappa shape index (κ2) is 9.20. The largest absolute Gasteiger partial charge is 0.416 e. The fourth-order valence-corrected chi connectivity index (χ4v) is 3.84. The highest BCUT2D eigenvalue weighted by Crippen LogP contribution is 2.30. The summed E-state index contributed by atoms with van der Waals surface area (Å²) in [5.74, 6) is -0.324. The molecule has 3 rings (SSSR count). The van der Waals surface area contributed by atoms with Crippen molar-refractivity contribution in [2.45, 2.75) is 12.7 Å². The molecule has 0 bridgehead atoms. The Morgan fingerprint density at radius 1 is 1.30 bits per heavy atom. The van der Waals surface area contributed by atoms with Crippen LogP contribution in [-0.2, 0) is 17.5 Å². The molecule has 0 unspecified atom stereocenters. The Labute approximate surface area is 181 Å². The zero-order chi connectivity index (χ0) is 21.9. The third-order valence-electron chi connectivity index (χ3n) is 4.39. The van der Waals surface area contributed by atoms with E-state index in [0.717, 1.165) is 12.1 Å². The fourth-order valence-electron chi connectivity index (χ4n) is 2.84.